The van der Waals surface area contributed by atoms with Crippen molar-refractivity contribution in [2.75, 3.05) is 0 Å². The number of nitriles is 1. The van der Waals surface area contributed by atoms with Crippen LogP contribution in [0.5, 0.6) is 5.75 Å². The zero-order valence-electron chi connectivity index (χ0n) is 12.5. The Labute approximate surface area is 146 Å². The molecule has 1 aromatic rings. The van der Waals surface area contributed by atoms with Crippen molar-refractivity contribution >= 4 is 49.4 Å². The molecule has 1 rings (SSSR count). The van der Waals surface area contributed by atoms with Gasteiger partial charge in [-0.1, -0.05) is 13.8 Å². The minimum absolute atomic E-state index is 0.0851. The average molecular weight is 432 g/mol. The van der Waals surface area contributed by atoms with Crippen LogP contribution in [0.4, 0.5) is 10.5 Å². The first-order chi connectivity index (χ1) is 10.3. The summed E-state index contributed by atoms with van der Waals surface area (Å²) < 4.78 is 5.45. The summed E-state index contributed by atoms with van der Waals surface area (Å²) in [7, 11) is 0. The molecule has 0 fully saturated rings. The lowest BCUT2D eigenvalue weighted by molar-refractivity contribution is 0.144. The summed E-state index contributed by atoms with van der Waals surface area (Å²) in [6.07, 6.45) is 0.363. The Morgan fingerprint density at radius 2 is 2.14 bits per heavy atom. The fourth-order valence-corrected chi connectivity index (χ4v) is 3.08. The van der Waals surface area contributed by atoms with E-state index >= 15 is 0 Å². The summed E-state index contributed by atoms with van der Waals surface area (Å²) in [5.41, 5.74) is 1.58. The summed E-state index contributed by atoms with van der Waals surface area (Å²) in [6.45, 7) is 6.14. The Balaban J connectivity index is 3.30. The first kappa shape index (κ1) is 18.7. The largest absolute Gasteiger partial charge is 0.511 e. The first-order valence-electron chi connectivity index (χ1n) is 6.63. The van der Waals surface area contributed by atoms with E-state index in [2.05, 4.69) is 56.8 Å². The van der Waals surface area contributed by atoms with E-state index in [0.29, 0.717) is 26.1 Å². The van der Waals surface area contributed by atoms with Crippen molar-refractivity contribution in [3.63, 3.8) is 0 Å². The standard InChI is InChI=1S/C15H16Br2N2O3/c1-8(2)4-5-9(3)19-13-10(7-18)6-11(16)14(12(13)17)22-15(20)21/h6,8H,4-5H2,1-3H3,(H,20,21). The van der Waals surface area contributed by atoms with Gasteiger partial charge < -0.3 is 9.84 Å². The van der Waals surface area contributed by atoms with Gasteiger partial charge in [0, 0.05) is 5.71 Å². The van der Waals surface area contributed by atoms with Crippen molar-refractivity contribution in [1.82, 2.24) is 0 Å². The molecular weight excluding hydrogens is 416 g/mol. The normalized spacial score (nSPS) is 11.4. The lowest BCUT2D eigenvalue weighted by atomic mass is 10.1. The molecule has 0 saturated carbocycles. The highest BCUT2D eigenvalue weighted by Gasteiger charge is 2.19. The lowest BCUT2D eigenvalue weighted by Crippen LogP contribution is -2.05. The molecule has 1 N–H and O–H groups in total. The van der Waals surface area contributed by atoms with E-state index in [1.807, 2.05) is 6.92 Å². The molecule has 7 heteroatoms. The van der Waals surface area contributed by atoms with Crippen molar-refractivity contribution in [2.24, 2.45) is 10.9 Å². The van der Waals surface area contributed by atoms with Crippen LogP contribution in [0.1, 0.15) is 39.2 Å². The Kier molecular flexibility index (Phi) is 7.04. The highest BCUT2D eigenvalue weighted by molar-refractivity contribution is 9.11. The van der Waals surface area contributed by atoms with E-state index in [4.69, 9.17) is 9.84 Å². The van der Waals surface area contributed by atoms with Gasteiger partial charge in [-0.05, 0) is 63.6 Å². The Morgan fingerprint density at radius 3 is 2.64 bits per heavy atom. The minimum Gasteiger partial charge on any atom is -0.449 e. The quantitative estimate of drug-likeness (QED) is 0.369. The van der Waals surface area contributed by atoms with Crippen LogP contribution in [0.15, 0.2) is 20.0 Å². The highest BCUT2D eigenvalue weighted by Crippen LogP contribution is 2.43. The molecule has 0 heterocycles. The van der Waals surface area contributed by atoms with E-state index < -0.39 is 6.16 Å². The molecule has 0 aromatic heterocycles. The van der Waals surface area contributed by atoms with Gasteiger partial charge in [0.05, 0.1) is 20.2 Å². The van der Waals surface area contributed by atoms with Gasteiger partial charge in [-0.2, -0.15) is 5.26 Å². The summed E-state index contributed by atoms with van der Waals surface area (Å²) >= 11 is 6.48. The van der Waals surface area contributed by atoms with E-state index in [-0.39, 0.29) is 5.75 Å². The summed E-state index contributed by atoms with van der Waals surface area (Å²) in [4.78, 5) is 15.2. The maximum Gasteiger partial charge on any atom is 0.511 e. The average Bonchev–Trinajstić information content (AvgIpc) is 2.43. The van der Waals surface area contributed by atoms with Crippen molar-refractivity contribution in [3.8, 4) is 11.8 Å². The van der Waals surface area contributed by atoms with Crippen LogP contribution in [0, 0.1) is 17.2 Å². The second-order valence-corrected chi connectivity index (χ2v) is 6.80. The van der Waals surface area contributed by atoms with Crippen molar-refractivity contribution in [3.05, 3.63) is 20.6 Å². The number of hydrogen-bond donors (Lipinski definition) is 1. The summed E-state index contributed by atoms with van der Waals surface area (Å²) in [5, 5.41) is 18.0. The molecule has 118 valence electrons. The fourth-order valence-electron chi connectivity index (χ4n) is 1.71. The topological polar surface area (TPSA) is 82.7 Å². The monoisotopic (exact) mass is 430 g/mol. The van der Waals surface area contributed by atoms with Gasteiger partial charge in [0.25, 0.3) is 0 Å². The number of rotatable bonds is 5. The maximum absolute atomic E-state index is 10.8. The summed E-state index contributed by atoms with van der Waals surface area (Å²) in [5.74, 6) is 0.641. The van der Waals surface area contributed by atoms with Gasteiger partial charge in [0.1, 0.15) is 6.07 Å². The molecule has 0 aliphatic rings. The molecule has 0 unspecified atom stereocenters. The predicted molar refractivity (Wildman–Crippen MR) is 92.1 cm³/mol. The number of benzene rings is 1. The number of carboxylic acid groups (broad SMARTS) is 1. The molecule has 0 aliphatic heterocycles. The third kappa shape index (κ3) is 5.11. The lowest BCUT2D eigenvalue weighted by Gasteiger charge is -2.11. The van der Waals surface area contributed by atoms with Crippen LogP contribution in [0.2, 0.25) is 0 Å². The SMILES string of the molecule is CC(CCC(C)C)=Nc1c(C#N)cc(Br)c(OC(=O)O)c1Br. The van der Waals surface area contributed by atoms with Gasteiger partial charge in [-0.25, -0.2) is 4.79 Å². The number of carbonyl (C=O) groups is 1. The molecule has 22 heavy (non-hydrogen) atoms. The van der Waals surface area contributed by atoms with Crippen molar-refractivity contribution in [1.29, 1.82) is 5.26 Å². The van der Waals surface area contributed by atoms with Gasteiger partial charge in [0.2, 0.25) is 0 Å². The number of nitrogens with zero attached hydrogens (tertiary/aromatic N) is 2. The van der Waals surface area contributed by atoms with Crippen LogP contribution in [-0.2, 0) is 0 Å². The van der Waals surface area contributed by atoms with Crippen molar-refractivity contribution < 1.29 is 14.6 Å². The third-order valence-corrected chi connectivity index (χ3v) is 4.17. The van der Waals surface area contributed by atoms with Crippen LogP contribution < -0.4 is 4.74 Å². The number of aliphatic imine (C=N–C) groups is 1. The summed E-state index contributed by atoms with van der Waals surface area (Å²) in [6, 6.07) is 3.56. The van der Waals surface area contributed by atoms with Gasteiger partial charge in [0.15, 0.2) is 5.75 Å². The van der Waals surface area contributed by atoms with E-state index in [9.17, 15) is 10.1 Å². The zero-order chi connectivity index (χ0) is 16.9. The highest BCUT2D eigenvalue weighted by atomic mass is 79.9. The van der Waals surface area contributed by atoms with Gasteiger partial charge in [-0.3, -0.25) is 4.99 Å². The molecule has 0 saturated heterocycles. The second kappa shape index (κ2) is 8.30. The van der Waals surface area contributed by atoms with Gasteiger partial charge in [-0.15, -0.1) is 0 Å². The Bertz CT molecular complexity index is 649. The number of halogens is 2. The van der Waals surface area contributed by atoms with E-state index in [1.165, 1.54) is 6.07 Å². The Morgan fingerprint density at radius 1 is 1.50 bits per heavy atom. The Hall–Kier alpha value is -1.39. The molecule has 5 nitrogen and oxygen atoms in total. The van der Waals surface area contributed by atoms with Crippen molar-refractivity contribution in [2.45, 2.75) is 33.6 Å². The molecule has 0 atom stereocenters. The van der Waals surface area contributed by atoms with Gasteiger partial charge >= 0.3 is 6.16 Å². The molecular formula is C15H16Br2N2O3. The van der Waals surface area contributed by atoms with E-state index in [1.54, 1.807) is 0 Å². The predicted octanol–water partition coefficient (Wildman–Crippen LogP) is 5.67. The number of hydrogen-bond acceptors (Lipinski definition) is 4. The van der Waals surface area contributed by atoms with Crippen LogP contribution in [0.25, 0.3) is 0 Å². The minimum atomic E-state index is -1.43. The molecule has 0 radical (unpaired) electrons. The van der Waals surface area contributed by atoms with Crippen LogP contribution in [0.3, 0.4) is 0 Å². The molecule has 0 spiro atoms. The van der Waals surface area contributed by atoms with E-state index in [0.717, 1.165) is 18.6 Å². The maximum atomic E-state index is 10.8. The van der Waals surface area contributed by atoms with Crippen LogP contribution in [-0.4, -0.2) is 17.0 Å². The molecule has 0 bridgehead atoms. The molecule has 0 aliphatic carbocycles. The first-order valence-corrected chi connectivity index (χ1v) is 8.21. The second-order valence-electron chi connectivity index (χ2n) is 5.16. The third-order valence-electron chi connectivity index (χ3n) is 2.85. The zero-order valence-corrected chi connectivity index (χ0v) is 15.7. The smallest absolute Gasteiger partial charge is 0.449 e. The molecule has 0 amide bonds. The molecule has 1 aromatic carbocycles. The number of ether oxygens (including phenoxy) is 1. The fraction of sp³-hybridized carbons (Fsp3) is 0.400. The van der Waals surface area contributed by atoms with Crippen LogP contribution >= 0.6 is 31.9 Å².